The molecule has 0 aliphatic heterocycles. The summed E-state index contributed by atoms with van der Waals surface area (Å²) in [7, 11) is 1.61. The summed E-state index contributed by atoms with van der Waals surface area (Å²) in [4.78, 5) is 13.7. The second-order valence-electron chi connectivity index (χ2n) is 3.42. The van der Waals surface area contributed by atoms with Gasteiger partial charge in [-0.2, -0.15) is 0 Å². The average molecular weight is 243 g/mol. The van der Waals surface area contributed by atoms with Gasteiger partial charge in [-0.15, -0.1) is 11.3 Å². The summed E-state index contributed by atoms with van der Waals surface area (Å²) in [5.74, 6) is 0.582. The molecule has 0 aliphatic rings. The second-order valence-corrected chi connectivity index (χ2v) is 4.32. The lowest BCUT2D eigenvalue weighted by molar-refractivity contribution is 0.399. The van der Waals surface area contributed by atoms with Gasteiger partial charge in [-0.1, -0.05) is 0 Å². The zero-order valence-corrected chi connectivity index (χ0v) is 9.94. The number of pyridine rings is 1. The first-order valence-electron chi connectivity index (χ1n) is 5.07. The van der Waals surface area contributed by atoms with Gasteiger partial charge in [0.05, 0.1) is 18.4 Å². The van der Waals surface area contributed by atoms with Crippen LogP contribution >= 0.6 is 11.3 Å². The number of thiophene rings is 1. The molecule has 0 radical (unpaired) electrons. The summed E-state index contributed by atoms with van der Waals surface area (Å²) in [5.41, 5.74) is 1.75. The lowest BCUT2D eigenvalue weighted by Crippen LogP contribution is -1.93. The topological polar surface area (TPSA) is 47.9 Å². The Hall–Kier alpha value is -2.01. The lowest BCUT2D eigenvalue weighted by Gasteiger charge is -2.06. The van der Waals surface area contributed by atoms with E-state index in [2.05, 4.69) is 15.0 Å². The molecule has 0 saturated carbocycles. The highest BCUT2D eigenvalue weighted by Gasteiger charge is 2.12. The third kappa shape index (κ3) is 1.64. The molecule has 0 aliphatic carbocycles. The second kappa shape index (κ2) is 4.10. The minimum Gasteiger partial charge on any atom is -0.481 e. The van der Waals surface area contributed by atoms with Gasteiger partial charge in [-0.25, -0.2) is 15.0 Å². The molecule has 3 rings (SSSR count). The first-order valence-corrected chi connectivity index (χ1v) is 5.95. The van der Waals surface area contributed by atoms with Gasteiger partial charge in [0.25, 0.3) is 0 Å². The Morgan fingerprint density at radius 2 is 2.12 bits per heavy atom. The summed E-state index contributed by atoms with van der Waals surface area (Å²) in [6.45, 7) is 0. The summed E-state index contributed by atoms with van der Waals surface area (Å²) >= 11 is 1.60. The van der Waals surface area contributed by atoms with Gasteiger partial charge in [0, 0.05) is 11.6 Å². The molecule has 0 spiro atoms. The number of methoxy groups -OCH3 is 1. The van der Waals surface area contributed by atoms with Gasteiger partial charge in [-0.3, -0.25) is 0 Å². The minimum absolute atomic E-state index is 0.582. The van der Waals surface area contributed by atoms with E-state index >= 15 is 0 Å². The molecular formula is C12H9N3OS. The van der Waals surface area contributed by atoms with Crippen LogP contribution in [-0.4, -0.2) is 22.1 Å². The van der Waals surface area contributed by atoms with Crippen LogP contribution in [0.15, 0.2) is 36.1 Å². The highest BCUT2D eigenvalue weighted by atomic mass is 32.1. The van der Waals surface area contributed by atoms with Gasteiger partial charge < -0.3 is 4.74 Å². The average Bonchev–Trinajstić information content (AvgIpc) is 2.86. The third-order valence-electron chi connectivity index (χ3n) is 2.48. The standard InChI is InChI=1S/C12H9N3OS/c1-16-11-8(3-2-5-13-11)10-9-4-6-17-12(9)15-7-14-10/h2-7H,1H3. The third-order valence-corrected chi connectivity index (χ3v) is 3.30. The molecule has 0 bridgehead atoms. The van der Waals surface area contributed by atoms with Crippen molar-refractivity contribution >= 4 is 21.6 Å². The Morgan fingerprint density at radius 1 is 1.18 bits per heavy atom. The van der Waals surface area contributed by atoms with E-state index in [4.69, 9.17) is 4.74 Å². The van der Waals surface area contributed by atoms with Crippen LogP contribution in [0.2, 0.25) is 0 Å². The number of fused-ring (bicyclic) bond motifs is 1. The van der Waals surface area contributed by atoms with Crippen molar-refractivity contribution in [1.82, 2.24) is 15.0 Å². The van der Waals surface area contributed by atoms with Crippen LogP contribution in [0.5, 0.6) is 5.88 Å². The van der Waals surface area contributed by atoms with Crippen LogP contribution in [0.4, 0.5) is 0 Å². The van der Waals surface area contributed by atoms with Crippen LogP contribution in [0.25, 0.3) is 21.5 Å². The van der Waals surface area contributed by atoms with Crippen molar-refractivity contribution in [2.24, 2.45) is 0 Å². The normalized spacial score (nSPS) is 10.6. The molecule has 0 atom stereocenters. The van der Waals surface area contributed by atoms with Gasteiger partial charge >= 0.3 is 0 Å². The van der Waals surface area contributed by atoms with Crippen molar-refractivity contribution in [3.8, 4) is 17.1 Å². The van der Waals surface area contributed by atoms with E-state index < -0.39 is 0 Å². The van der Waals surface area contributed by atoms with Crippen LogP contribution in [0, 0.1) is 0 Å². The number of hydrogen-bond donors (Lipinski definition) is 0. The Kier molecular flexibility index (Phi) is 2.45. The molecule has 84 valence electrons. The van der Waals surface area contributed by atoms with E-state index in [1.165, 1.54) is 0 Å². The number of rotatable bonds is 2. The van der Waals surface area contributed by atoms with E-state index in [9.17, 15) is 0 Å². The zero-order chi connectivity index (χ0) is 11.7. The molecule has 4 nitrogen and oxygen atoms in total. The first-order chi connectivity index (χ1) is 8.40. The van der Waals surface area contributed by atoms with Crippen LogP contribution < -0.4 is 4.74 Å². The SMILES string of the molecule is COc1ncccc1-c1ncnc2sccc12. The number of ether oxygens (including phenoxy) is 1. The Balaban J connectivity index is 2.30. The molecule has 5 heteroatoms. The number of aromatic nitrogens is 3. The Morgan fingerprint density at radius 3 is 3.00 bits per heavy atom. The molecule has 3 heterocycles. The molecule has 17 heavy (non-hydrogen) atoms. The van der Waals surface area contributed by atoms with Gasteiger partial charge in [0.1, 0.15) is 11.2 Å². The van der Waals surface area contributed by atoms with E-state index in [0.29, 0.717) is 5.88 Å². The molecule has 0 saturated heterocycles. The molecule has 0 aromatic carbocycles. The van der Waals surface area contributed by atoms with E-state index in [-0.39, 0.29) is 0 Å². The van der Waals surface area contributed by atoms with Gasteiger partial charge in [-0.05, 0) is 23.6 Å². The van der Waals surface area contributed by atoms with Crippen LogP contribution in [0.3, 0.4) is 0 Å². The largest absolute Gasteiger partial charge is 0.481 e. The monoisotopic (exact) mass is 243 g/mol. The fourth-order valence-electron chi connectivity index (χ4n) is 1.74. The Bertz CT molecular complexity index is 665. The molecule has 3 aromatic rings. The predicted octanol–water partition coefficient (Wildman–Crippen LogP) is 2.76. The van der Waals surface area contributed by atoms with Crippen molar-refractivity contribution in [2.75, 3.05) is 7.11 Å². The first kappa shape index (κ1) is 10.2. The lowest BCUT2D eigenvalue weighted by atomic mass is 10.1. The van der Waals surface area contributed by atoms with Crippen molar-refractivity contribution in [3.63, 3.8) is 0 Å². The summed E-state index contributed by atoms with van der Waals surface area (Å²) in [6.07, 6.45) is 3.27. The van der Waals surface area contributed by atoms with Crippen LogP contribution in [0.1, 0.15) is 0 Å². The molecule has 3 aromatic heterocycles. The highest BCUT2D eigenvalue weighted by molar-refractivity contribution is 7.16. The van der Waals surface area contributed by atoms with Crippen molar-refractivity contribution in [1.29, 1.82) is 0 Å². The van der Waals surface area contributed by atoms with Crippen molar-refractivity contribution in [3.05, 3.63) is 36.1 Å². The van der Waals surface area contributed by atoms with Crippen molar-refractivity contribution < 1.29 is 4.74 Å². The molecule has 0 fully saturated rings. The molecule has 0 unspecified atom stereocenters. The highest BCUT2D eigenvalue weighted by Crippen LogP contribution is 2.32. The summed E-state index contributed by atoms with van der Waals surface area (Å²) < 4.78 is 5.26. The maximum absolute atomic E-state index is 5.26. The maximum Gasteiger partial charge on any atom is 0.222 e. The quantitative estimate of drug-likeness (QED) is 0.694. The number of hydrogen-bond acceptors (Lipinski definition) is 5. The summed E-state index contributed by atoms with van der Waals surface area (Å²) in [6, 6.07) is 5.84. The Labute approximate surface area is 102 Å². The molecule has 0 N–H and O–H groups in total. The fourth-order valence-corrected chi connectivity index (χ4v) is 2.47. The van der Waals surface area contributed by atoms with Crippen molar-refractivity contribution in [2.45, 2.75) is 0 Å². The van der Waals surface area contributed by atoms with E-state index in [1.54, 1.807) is 31.0 Å². The van der Waals surface area contributed by atoms with E-state index in [0.717, 1.165) is 21.5 Å². The van der Waals surface area contributed by atoms with Gasteiger partial charge in [0.2, 0.25) is 5.88 Å². The minimum atomic E-state index is 0.582. The van der Waals surface area contributed by atoms with E-state index in [1.807, 2.05) is 23.6 Å². The maximum atomic E-state index is 5.26. The summed E-state index contributed by atoms with van der Waals surface area (Å²) in [5, 5.41) is 3.04. The molecular weight excluding hydrogens is 234 g/mol. The molecule has 0 amide bonds. The fraction of sp³-hybridized carbons (Fsp3) is 0.0833. The smallest absolute Gasteiger partial charge is 0.222 e. The van der Waals surface area contributed by atoms with Crippen LogP contribution in [-0.2, 0) is 0 Å². The van der Waals surface area contributed by atoms with Gasteiger partial charge in [0.15, 0.2) is 0 Å². The predicted molar refractivity (Wildman–Crippen MR) is 67.2 cm³/mol. The number of nitrogens with zero attached hydrogens (tertiary/aromatic N) is 3. The zero-order valence-electron chi connectivity index (χ0n) is 9.12.